The molecule has 2 rings (SSSR count). The van der Waals surface area contributed by atoms with Crippen LogP contribution in [0, 0.1) is 0 Å². The van der Waals surface area contributed by atoms with E-state index < -0.39 is 0 Å². The van der Waals surface area contributed by atoms with E-state index in [-0.39, 0.29) is 5.56 Å². The summed E-state index contributed by atoms with van der Waals surface area (Å²) >= 11 is 0. The van der Waals surface area contributed by atoms with E-state index in [0.717, 1.165) is 48.4 Å². The average Bonchev–Trinajstić information content (AvgIpc) is 2.77. The monoisotopic (exact) mass is 274 g/mol. The topological polar surface area (TPSA) is 47.0 Å². The maximum Gasteiger partial charge on any atom is 0.267 e. The molecule has 0 saturated carbocycles. The van der Waals surface area contributed by atoms with Crippen molar-refractivity contribution in [2.75, 3.05) is 7.11 Å². The van der Waals surface area contributed by atoms with Crippen molar-refractivity contribution in [1.29, 1.82) is 0 Å². The Morgan fingerprint density at radius 1 is 1.10 bits per heavy atom. The van der Waals surface area contributed by atoms with Crippen LogP contribution in [0.3, 0.4) is 0 Å². The molecule has 1 N–H and O–H groups in total. The molecule has 0 fully saturated rings. The number of rotatable bonds is 6. The van der Waals surface area contributed by atoms with Crippen molar-refractivity contribution in [3.63, 3.8) is 0 Å². The second-order valence-corrected chi connectivity index (χ2v) is 4.90. The van der Waals surface area contributed by atoms with E-state index in [1.807, 2.05) is 28.9 Å². The van der Waals surface area contributed by atoms with E-state index >= 15 is 0 Å². The van der Waals surface area contributed by atoms with Crippen LogP contribution in [0.2, 0.25) is 0 Å². The first-order chi connectivity index (χ1) is 9.71. The van der Waals surface area contributed by atoms with Gasteiger partial charge in [0.15, 0.2) is 0 Å². The number of methoxy groups -OCH3 is 1. The summed E-state index contributed by atoms with van der Waals surface area (Å²) in [7, 11) is 1.65. The molecule has 0 aliphatic rings. The molecule has 1 aromatic heterocycles. The molecule has 108 valence electrons. The largest absolute Gasteiger partial charge is 0.497 e. The summed E-state index contributed by atoms with van der Waals surface area (Å²) in [6.45, 7) is 4.23. The number of H-pyrrole nitrogens is 1. The van der Waals surface area contributed by atoms with Gasteiger partial charge in [-0.3, -0.25) is 14.6 Å². The van der Waals surface area contributed by atoms with Crippen molar-refractivity contribution in [2.24, 2.45) is 0 Å². The molecule has 4 heteroatoms. The van der Waals surface area contributed by atoms with E-state index in [1.54, 1.807) is 7.11 Å². The fourth-order valence-electron chi connectivity index (χ4n) is 2.46. The zero-order valence-corrected chi connectivity index (χ0v) is 12.4. The highest BCUT2D eigenvalue weighted by Crippen LogP contribution is 2.18. The van der Waals surface area contributed by atoms with Gasteiger partial charge in [-0.05, 0) is 37.1 Å². The summed E-state index contributed by atoms with van der Waals surface area (Å²) in [4.78, 5) is 12.1. The van der Waals surface area contributed by atoms with Gasteiger partial charge in [0.1, 0.15) is 5.75 Å². The van der Waals surface area contributed by atoms with Gasteiger partial charge in [-0.15, -0.1) is 0 Å². The zero-order chi connectivity index (χ0) is 14.5. The quantitative estimate of drug-likeness (QED) is 0.880. The van der Waals surface area contributed by atoms with E-state index in [0.29, 0.717) is 0 Å². The van der Waals surface area contributed by atoms with Gasteiger partial charge in [0.05, 0.1) is 12.8 Å². The Balaban J connectivity index is 2.48. The minimum absolute atomic E-state index is 0.0334. The van der Waals surface area contributed by atoms with Crippen molar-refractivity contribution in [3.8, 4) is 11.4 Å². The highest BCUT2D eigenvalue weighted by atomic mass is 16.5. The molecular weight excluding hydrogens is 252 g/mol. The standard InChI is InChI=1S/C16H22N2O2/c1-4-6-14-15(7-5-2)18(17-16(14)19)12-8-10-13(20-3)11-9-12/h8-11H,4-7H2,1-3H3,(H,17,19). The Bertz CT molecular complexity index is 608. The summed E-state index contributed by atoms with van der Waals surface area (Å²) in [5, 5.41) is 2.96. The van der Waals surface area contributed by atoms with E-state index in [4.69, 9.17) is 4.74 Å². The number of nitrogens with one attached hydrogen (secondary N) is 1. The molecule has 20 heavy (non-hydrogen) atoms. The lowest BCUT2D eigenvalue weighted by molar-refractivity contribution is 0.414. The van der Waals surface area contributed by atoms with Crippen LogP contribution in [-0.2, 0) is 12.8 Å². The molecule has 0 bridgehead atoms. The SMILES string of the molecule is CCCc1c(CCC)n(-c2ccc(OC)cc2)[nH]c1=O. The van der Waals surface area contributed by atoms with Gasteiger partial charge in [-0.1, -0.05) is 26.7 Å². The van der Waals surface area contributed by atoms with Crippen LogP contribution >= 0.6 is 0 Å². The summed E-state index contributed by atoms with van der Waals surface area (Å²) < 4.78 is 7.08. The third-order valence-corrected chi connectivity index (χ3v) is 3.42. The van der Waals surface area contributed by atoms with Crippen LogP contribution in [0.1, 0.15) is 37.9 Å². The van der Waals surface area contributed by atoms with Gasteiger partial charge in [0, 0.05) is 11.3 Å². The molecule has 1 heterocycles. The first-order valence-electron chi connectivity index (χ1n) is 7.18. The molecule has 0 spiro atoms. The summed E-state index contributed by atoms with van der Waals surface area (Å²) in [6, 6.07) is 7.74. The second kappa shape index (κ2) is 6.46. The fourth-order valence-corrected chi connectivity index (χ4v) is 2.46. The third-order valence-electron chi connectivity index (χ3n) is 3.42. The first-order valence-corrected chi connectivity index (χ1v) is 7.18. The number of ether oxygens (including phenoxy) is 1. The fraction of sp³-hybridized carbons (Fsp3) is 0.438. The molecule has 0 atom stereocenters. The number of aromatic amines is 1. The number of hydrogen-bond donors (Lipinski definition) is 1. The summed E-state index contributed by atoms with van der Waals surface area (Å²) in [6.07, 6.45) is 3.73. The van der Waals surface area contributed by atoms with Crippen LogP contribution in [0.5, 0.6) is 5.75 Å². The molecule has 0 aliphatic heterocycles. The maximum absolute atomic E-state index is 12.1. The molecule has 1 aromatic carbocycles. The zero-order valence-electron chi connectivity index (χ0n) is 12.4. The lowest BCUT2D eigenvalue weighted by Gasteiger charge is -2.10. The van der Waals surface area contributed by atoms with Crippen molar-refractivity contribution in [3.05, 3.63) is 45.9 Å². The van der Waals surface area contributed by atoms with E-state index in [1.165, 1.54) is 0 Å². The van der Waals surface area contributed by atoms with E-state index in [2.05, 4.69) is 18.9 Å². The van der Waals surface area contributed by atoms with Crippen molar-refractivity contribution in [1.82, 2.24) is 9.78 Å². The molecule has 2 aromatic rings. The predicted molar refractivity (Wildman–Crippen MR) is 80.9 cm³/mol. The predicted octanol–water partition coefficient (Wildman–Crippen LogP) is 3.08. The third kappa shape index (κ3) is 2.79. The minimum atomic E-state index is 0.0334. The molecule has 0 unspecified atom stereocenters. The maximum atomic E-state index is 12.1. The van der Waals surface area contributed by atoms with Crippen LogP contribution in [0.4, 0.5) is 0 Å². The van der Waals surface area contributed by atoms with E-state index in [9.17, 15) is 4.79 Å². The van der Waals surface area contributed by atoms with Crippen LogP contribution < -0.4 is 10.3 Å². The minimum Gasteiger partial charge on any atom is -0.497 e. The summed E-state index contributed by atoms with van der Waals surface area (Å²) in [5.74, 6) is 0.814. The van der Waals surface area contributed by atoms with Crippen LogP contribution in [0.25, 0.3) is 5.69 Å². The van der Waals surface area contributed by atoms with Crippen molar-refractivity contribution >= 4 is 0 Å². The smallest absolute Gasteiger partial charge is 0.267 e. The van der Waals surface area contributed by atoms with Gasteiger partial charge < -0.3 is 4.74 Å². The number of hydrogen-bond acceptors (Lipinski definition) is 2. The van der Waals surface area contributed by atoms with Gasteiger partial charge >= 0.3 is 0 Å². The molecule has 0 radical (unpaired) electrons. The lowest BCUT2D eigenvalue weighted by atomic mass is 10.1. The van der Waals surface area contributed by atoms with Gasteiger partial charge in [0.25, 0.3) is 5.56 Å². The molecule has 4 nitrogen and oxygen atoms in total. The Morgan fingerprint density at radius 3 is 2.30 bits per heavy atom. The Kier molecular flexibility index (Phi) is 4.66. The molecular formula is C16H22N2O2. The molecule has 0 aliphatic carbocycles. The average molecular weight is 274 g/mol. The first kappa shape index (κ1) is 14.4. The highest BCUT2D eigenvalue weighted by Gasteiger charge is 2.14. The van der Waals surface area contributed by atoms with Crippen LogP contribution in [0.15, 0.2) is 29.1 Å². The van der Waals surface area contributed by atoms with Crippen molar-refractivity contribution < 1.29 is 4.74 Å². The molecule has 0 amide bonds. The summed E-state index contributed by atoms with van der Waals surface area (Å²) in [5.41, 5.74) is 3.02. The van der Waals surface area contributed by atoms with Gasteiger partial charge in [-0.2, -0.15) is 0 Å². The van der Waals surface area contributed by atoms with Crippen molar-refractivity contribution in [2.45, 2.75) is 39.5 Å². The van der Waals surface area contributed by atoms with Crippen LogP contribution in [-0.4, -0.2) is 16.9 Å². The van der Waals surface area contributed by atoms with Gasteiger partial charge in [-0.25, -0.2) is 0 Å². The lowest BCUT2D eigenvalue weighted by Crippen LogP contribution is -2.07. The Hall–Kier alpha value is -1.97. The normalized spacial score (nSPS) is 10.8. The number of benzene rings is 1. The Morgan fingerprint density at radius 2 is 1.75 bits per heavy atom. The number of nitrogens with zero attached hydrogens (tertiary/aromatic N) is 1. The highest BCUT2D eigenvalue weighted by molar-refractivity contribution is 5.39. The number of aromatic nitrogens is 2. The van der Waals surface area contributed by atoms with Gasteiger partial charge in [0.2, 0.25) is 0 Å². The second-order valence-electron chi connectivity index (χ2n) is 4.90. The molecule has 0 saturated heterocycles. The Labute approximate surface area is 119 Å².